The number of ketones is 1. The Morgan fingerprint density at radius 3 is 2.10 bits per heavy atom. The summed E-state index contributed by atoms with van der Waals surface area (Å²) in [5.74, 6) is 1.01. The fraction of sp³-hybridized carbons (Fsp3) is 0.188. The SMILES string of the molecule is COc1cc(Br)c(C(=O)c2cc(C)ccc2Br)cc1OC. The van der Waals surface area contributed by atoms with Crippen molar-refractivity contribution >= 4 is 37.6 Å². The van der Waals surface area contributed by atoms with Crippen molar-refractivity contribution in [2.45, 2.75) is 6.92 Å². The third-order valence-corrected chi connectivity index (χ3v) is 4.43. The molecule has 2 rings (SSSR count). The summed E-state index contributed by atoms with van der Waals surface area (Å²) < 4.78 is 11.9. The number of ether oxygens (including phenoxy) is 2. The molecule has 0 amide bonds. The summed E-state index contributed by atoms with van der Waals surface area (Å²) in [6, 6.07) is 9.09. The molecule has 0 N–H and O–H groups in total. The number of methoxy groups -OCH3 is 2. The first-order valence-electron chi connectivity index (χ1n) is 6.20. The lowest BCUT2D eigenvalue weighted by Gasteiger charge is -2.12. The smallest absolute Gasteiger partial charge is 0.195 e. The summed E-state index contributed by atoms with van der Waals surface area (Å²) in [7, 11) is 3.10. The molecule has 0 bridgehead atoms. The van der Waals surface area contributed by atoms with E-state index in [0.717, 1.165) is 10.0 Å². The minimum atomic E-state index is -0.0848. The zero-order valence-corrected chi connectivity index (χ0v) is 15.0. The Morgan fingerprint density at radius 2 is 1.48 bits per heavy atom. The van der Waals surface area contributed by atoms with Crippen LogP contribution in [0.15, 0.2) is 39.3 Å². The van der Waals surface area contributed by atoms with Gasteiger partial charge in [0, 0.05) is 20.1 Å². The molecule has 0 aromatic heterocycles. The monoisotopic (exact) mass is 412 g/mol. The van der Waals surface area contributed by atoms with Gasteiger partial charge in [-0.05, 0) is 47.1 Å². The molecule has 0 radical (unpaired) electrons. The average molecular weight is 414 g/mol. The molecule has 0 saturated carbocycles. The second kappa shape index (κ2) is 6.62. The predicted molar refractivity (Wildman–Crippen MR) is 89.6 cm³/mol. The molecule has 0 aliphatic carbocycles. The molecule has 0 unspecified atom stereocenters. The van der Waals surface area contributed by atoms with E-state index in [1.165, 1.54) is 0 Å². The van der Waals surface area contributed by atoms with Crippen LogP contribution in [0.25, 0.3) is 0 Å². The molecule has 0 heterocycles. The lowest BCUT2D eigenvalue weighted by Crippen LogP contribution is -2.05. The number of hydrogen-bond acceptors (Lipinski definition) is 3. The molecule has 2 aromatic carbocycles. The second-order valence-electron chi connectivity index (χ2n) is 4.50. The molecule has 0 spiro atoms. The maximum atomic E-state index is 12.8. The van der Waals surface area contributed by atoms with Crippen molar-refractivity contribution in [3.8, 4) is 11.5 Å². The van der Waals surface area contributed by atoms with Crippen LogP contribution in [0.4, 0.5) is 0 Å². The van der Waals surface area contributed by atoms with E-state index in [-0.39, 0.29) is 5.78 Å². The maximum Gasteiger partial charge on any atom is 0.195 e. The van der Waals surface area contributed by atoms with Crippen molar-refractivity contribution in [2.75, 3.05) is 14.2 Å². The highest BCUT2D eigenvalue weighted by Gasteiger charge is 2.19. The Bertz CT molecular complexity index is 696. The highest BCUT2D eigenvalue weighted by molar-refractivity contribution is 9.11. The summed E-state index contributed by atoms with van der Waals surface area (Å²) >= 11 is 6.85. The summed E-state index contributed by atoms with van der Waals surface area (Å²) in [4.78, 5) is 12.8. The van der Waals surface area contributed by atoms with Crippen molar-refractivity contribution in [2.24, 2.45) is 0 Å². The fourth-order valence-corrected chi connectivity index (χ4v) is 2.92. The van der Waals surface area contributed by atoms with Crippen LogP contribution in [-0.2, 0) is 0 Å². The van der Waals surface area contributed by atoms with E-state index in [9.17, 15) is 4.79 Å². The molecular weight excluding hydrogens is 400 g/mol. The normalized spacial score (nSPS) is 10.3. The average Bonchev–Trinajstić information content (AvgIpc) is 2.48. The summed E-state index contributed by atoms with van der Waals surface area (Å²) in [6.07, 6.45) is 0. The van der Waals surface area contributed by atoms with Gasteiger partial charge in [-0.15, -0.1) is 0 Å². The number of hydrogen-bond donors (Lipinski definition) is 0. The van der Waals surface area contributed by atoms with Crippen molar-refractivity contribution < 1.29 is 14.3 Å². The van der Waals surface area contributed by atoms with Crippen LogP contribution in [0.5, 0.6) is 11.5 Å². The zero-order chi connectivity index (χ0) is 15.6. The highest BCUT2D eigenvalue weighted by atomic mass is 79.9. The van der Waals surface area contributed by atoms with Gasteiger partial charge in [0.25, 0.3) is 0 Å². The van der Waals surface area contributed by atoms with Crippen LogP contribution in [0, 0.1) is 6.92 Å². The van der Waals surface area contributed by atoms with E-state index in [0.29, 0.717) is 27.1 Å². The number of halogens is 2. The molecule has 5 heteroatoms. The fourth-order valence-electron chi connectivity index (χ4n) is 1.99. The lowest BCUT2D eigenvalue weighted by atomic mass is 10.0. The van der Waals surface area contributed by atoms with Gasteiger partial charge in [-0.3, -0.25) is 4.79 Å². The Balaban J connectivity index is 2.55. The first-order chi connectivity index (χ1) is 9.97. The van der Waals surface area contributed by atoms with E-state index >= 15 is 0 Å². The molecule has 0 atom stereocenters. The topological polar surface area (TPSA) is 35.5 Å². The van der Waals surface area contributed by atoms with Gasteiger partial charge in [-0.2, -0.15) is 0 Å². The molecular formula is C16H14Br2O3. The number of carbonyl (C=O) groups is 1. The summed E-state index contributed by atoms with van der Waals surface area (Å²) in [6.45, 7) is 1.95. The molecule has 0 aliphatic heterocycles. The molecule has 0 fully saturated rings. The van der Waals surface area contributed by atoms with Gasteiger partial charge in [-0.25, -0.2) is 0 Å². The highest BCUT2D eigenvalue weighted by Crippen LogP contribution is 2.35. The van der Waals surface area contributed by atoms with Gasteiger partial charge in [0.1, 0.15) is 0 Å². The van der Waals surface area contributed by atoms with E-state index in [2.05, 4.69) is 31.9 Å². The van der Waals surface area contributed by atoms with Gasteiger partial charge >= 0.3 is 0 Å². The van der Waals surface area contributed by atoms with Gasteiger partial charge < -0.3 is 9.47 Å². The molecule has 0 aliphatic rings. The lowest BCUT2D eigenvalue weighted by molar-refractivity contribution is 0.103. The standard InChI is InChI=1S/C16H14Br2O3/c1-9-4-5-12(17)10(6-9)16(19)11-7-14(20-2)15(21-3)8-13(11)18/h4-8H,1-3H3. The van der Waals surface area contributed by atoms with Gasteiger partial charge in [-0.1, -0.05) is 27.6 Å². The third-order valence-electron chi connectivity index (χ3n) is 3.08. The van der Waals surface area contributed by atoms with Crippen molar-refractivity contribution in [1.29, 1.82) is 0 Å². The molecule has 21 heavy (non-hydrogen) atoms. The van der Waals surface area contributed by atoms with Crippen LogP contribution in [-0.4, -0.2) is 20.0 Å². The van der Waals surface area contributed by atoms with E-state index in [1.807, 2.05) is 25.1 Å². The number of aryl methyl sites for hydroxylation is 1. The van der Waals surface area contributed by atoms with Crippen LogP contribution < -0.4 is 9.47 Å². The predicted octanol–water partition coefficient (Wildman–Crippen LogP) is 4.77. The van der Waals surface area contributed by atoms with Crippen LogP contribution in [0.1, 0.15) is 21.5 Å². The first kappa shape index (κ1) is 16.0. The summed E-state index contributed by atoms with van der Waals surface area (Å²) in [5.41, 5.74) is 2.17. The van der Waals surface area contributed by atoms with Crippen molar-refractivity contribution in [3.63, 3.8) is 0 Å². The zero-order valence-electron chi connectivity index (χ0n) is 11.9. The quantitative estimate of drug-likeness (QED) is 0.677. The van der Waals surface area contributed by atoms with Crippen molar-refractivity contribution in [1.82, 2.24) is 0 Å². The van der Waals surface area contributed by atoms with E-state index in [1.54, 1.807) is 26.4 Å². The number of carbonyl (C=O) groups excluding carboxylic acids is 1. The van der Waals surface area contributed by atoms with Crippen LogP contribution >= 0.6 is 31.9 Å². The first-order valence-corrected chi connectivity index (χ1v) is 7.79. The largest absolute Gasteiger partial charge is 0.493 e. The molecule has 2 aromatic rings. The second-order valence-corrected chi connectivity index (χ2v) is 6.21. The Morgan fingerprint density at radius 1 is 0.905 bits per heavy atom. The Labute approximate surface area is 140 Å². The number of benzene rings is 2. The maximum absolute atomic E-state index is 12.8. The van der Waals surface area contributed by atoms with E-state index < -0.39 is 0 Å². The van der Waals surface area contributed by atoms with Gasteiger partial charge in [0.2, 0.25) is 0 Å². The minimum absolute atomic E-state index is 0.0848. The minimum Gasteiger partial charge on any atom is -0.493 e. The summed E-state index contributed by atoms with van der Waals surface area (Å²) in [5, 5.41) is 0. The third kappa shape index (κ3) is 3.30. The molecule has 0 saturated heterocycles. The van der Waals surface area contributed by atoms with Gasteiger partial charge in [0.15, 0.2) is 17.3 Å². The van der Waals surface area contributed by atoms with Gasteiger partial charge in [0.05, 0.1) is 14.2 Å². The van der Waals surface area contributed by atoms with Crippen LogP contribution in [0.2, 0.25) is 0 Å². The van der Waals surface area contributed by atoms with Crippen LogP contribution in [0.3, 0.4) is 0 Å². The number of rotatable bonds is 4. The Kier molecular flexibility index (Phi) is 5.06. The Hall–Kier alpha value is -1.33. The molecule has 110 valence electrons. The van der Waals surface area contributed by atoms with Crippen molar-refractivity contribution in [3.05, 3.63) is 56.0 Å². The van der Waals surface area contributed by atoms with E-state index in [4.69, 9.17) is 9.47 Å². The molecule has 3 nitrogen and oxygen atoms in total.